The minimum absolute atomic E-state index is 0.0847. The molecule has 0 aromatic heterocycles. The van der Waals surface area contributed by atoms with Crippen LogP contribution in [-0.2, 0) is 11.8 Å². The molecule has 0 aliphatic heterocycles. The topological polar surface area (TPSA) is 55.1 Å². The van der Waals surface area contributed by atoms with E-state index in [1.165, 1.54) is 5.56 Å². The van der Waals surface area contributed by atoms with Crippen LogP contribution < -0.4 is 11.1 Å². The first-order valence-electron chi connectivity index (χ1n) is 7.61. The number of hydrogen-bond acceptors (Lipinski definition) is 2. The molecule has 0 aliphatic carbocycles. The van der Waals surface area contributed by atoms with Gasteiger partial charge in [0, 0.05) is 16.9 Å². The van der Waals surface area contributed by atoms with Gasteiger partial charge in [-0.15, -0.1) is 0 Å². The zero-order valence-corrected chi connectivity index (χ0v) is 13.7. The largest absolute Gasteiger partial charge is 0.399 e. The zero-order valence-electron chi connectivity index (χ0n) is 13.7. The Bertz CT molecular complexity index is 667. The Morgan fingerprint density at radius 3 is 2.27 bits per heavy atom. The Balaban J connectivity index is 2.19. The first kappa shape index (κ1) is 16.1. The lowest BCUT2D eigenvalue weighted by molar-refractivity contribution is 0.102. The maximum absolute atomic E-state index is 12.4. The van der Waals surface area contributed by atoms with Gasteiger partial charge in [-0.3, -0.25) is 4.79 Å². The van der Waals surface area contributed by atoms with Crippen LogP contribution >= 0.6 is 0 Å². The van der Waals surface area contributed by atoms with Gasteiger partial charge in [0.1, 0.15) is 0 Å². The van der Waals surface area contributed by atoms with Crippen LogP contribution in [-0.4, -0.2) is 5.91 Å². The zero-order chi connectivity index (χ0) is 16.3. The Hall–Kier alpha value is -2.29. The highest BCUT2D eigenvalue weighted by Crippen LogP contribution is 2.23. The first-order chi connectivity index (χ1) is 10.3. The summed E-state index contributed by atoms with van der Waals surface area (Å²) in [6, 6.07) is 13.3. The van der Waals surface area contributed by atoms with E-state index < -0.39 is 0 Å². The number of aryl methyl sites for hydroxylation is 1. The molecule has 0 heterocycles. The Morgan fingerprint density at radius 2 is 1.73 bits per heavy atom. The third-order valence-electron chi connectivity index (χ3n) is 3.77. The Labute approximate surface area is 132 Å². The number of amides is 1. The maximum atomic E-state index is 12.4. The average Bonchev–Trinajstić information content (AvgIpc) is 2.48. The second kappa shape index (κ2) is 6.22. The van der Waals surface area contributed by atoms with Crippen LogP contribution in [0.1, 0.15) is 49.2 Å². The van der Waals surface area contributed by atoms with Crippen LogP contribution in [0.5, 0.6) is 0 Å². The first-order valence-corrected chi connectivity index (χ1v) is 7.61. The molecule has 0 spiro atoms. The second-order valence-corrected chi connectivity index (χ2v) is 6.55. The number of hydrogen-bond donors (Lipinski definition) is 2. The van der Waals surface area contributed by atoms with Crippen LogP contribution in [0.15, 0.2) is 42.5 Å². The van der Waals surface area contributed by atoms with Crippen molar-refractivity contribution in [1.82, 2.24) is 0 Å². The van der Waals surface area contributed by atoms with Gasteiger partial charge in [-0.2, -0.15) is 0 Å². The van der Waals surface area contributed by atoms with Gasteiger partial charge in [0.15, 0.2) is 0 Å². The second-order valence-electron chi connectivity index (χ2n) is 6.55. The Morgan fingerprint density at radius 1 is 1.09 bits per heavy atom. The average molecular weight is 296 g/mol. The Kier molecular flexibility index (Phi) is 4.55. The number of nitrogen functional groups attached to an aromatic ring is 1. The van der Waals surface area contributed by atoms with E-state index >= 15 is 0 Å². The summed E-state index contributed by atoms with van der Waals surface area (Å²) >= 11 is 0. The van der Waals surface area contributed by atoms with Crippen LogP contribution in [0.3, 0.4) is 0 Å². The molecule has 0 saturated heterocycles. The minimum atomic E-state index is -0.0973. The van der Waals surface area contributed by atoms with E-state index in [-0.39, 0.29) is 11.3 Å². The van der Waals surface area contributed by atoms with Crippen molar-refractivity contribution in [2.24, 2.45) is 0 Å². The van der Waals surface area contributed by atoms with Crippen molar-refractivity contribution in [3.63, 3.8) is 0 Å². The highest BCUT2D eigenvalue weighted by molar-refractivity contribution is 6.04. The van der Waals surface area contributed by atoms with Crippen molar-refractivity contribution in [3.05, 3.63) is 59.2 Å². The van der Waals surface area contributed by atoms with Crippen LogP contribution in [0, 0.1) is 0 Å². The number of carbonyl (C=O) groups excluding carboxylic acids is 1. The fourth-order valence-corrected chi connectivity index (χ4v) is 2.34. The van der Waals surface area contributed by atoms with E-state index in [2.05, 4.69) is 26.1 Å². The summed E-state index contributed by atoms with van der Waals surface area (Å²) in [4.78, 5) is 12.4. The smallest absolute Gasteiger partial charge is 0.255 e. The molecule has 3 N–H and O–H groups in total. The highest BCUT2D eigenvalue weighted by Gasteiger charge is 2.14. The third-order valence-corrected chi connectivity index (χ3v) is 3.77. The molecular weight excluding hydrogens is 272 g/mol. The van der Waals surface area contributed by atoms with E-state index in [0.717, 1.165) is 17.7 Å². The molecule has 116 valence electrons. The molecule has 2 aromatic carbocycles. The molecular formula is C19H24N2O. The summed E-state index contributed by atoms with van der Waals surface area (Å²) in [7, 11) is 0. The lowest BCUT2D eigenvalue weighted by Crippen LogP contribution is -2.15. The number of anilines is 2. The maximum Gasteiger partial charge on any atom is 0.255 e. The summed E-state index contributed by atoms with van der Waals surface area (Å²) in [6.45, 7) is 8.51. The minimum Gasteiger partial charge on any atom is -0.399 e. The molecule has 1 amide bonds. The van der Waals surface area contributed by atoms with E-state index in [1.54, 1.807) is 6.07 Å². The lowest BCUT2D eigenvalue weighted by Gasteiger charge is -2.19. The fraction of sp³-hybridized carbons (Fsp3) is 0.316. The van der Waals surface area contributed by atoms with Crippen molar-refractivity contribution in [2.45, 2.75) is 39.5 Å². The van der Waals surface area contributed by atoms with Gasteiger partial charge in [-0.05, 0) is 53.3 Å². The molecule has 0 radical (unpaired) electrons. The van der Waals surface area contributed by atoms with Gasteiger partial charge in [-0.1, -0.05) is 39.8 Å². The molecule has 3 nitrogen and oxygen atoms in total. The monoisotopic (exact) mass is 296 g/mol. The summed E-state index contributed by atoms with van der Waals surface area (Å²) in [5.41, 5.74) is 10.3. The lowest BCUT2D eigenvalue weighted by atomic mass is 9.86. The van der Waals surface area contributed by atoms with Crippen molar-refractivity contribution >= 4 is 17.3 Å². The SMILES string of the molecule is CCc1cc(N)ccc1NC(=O)c1ccc(C(C)(C)C)cc1. The molecule has 0 saturated carbocycles. The van der Waals surface area contributed by atoms with Crippen molar-refractivity contribution in [3.8, 4) is 0 Å². The fourth-order valence-electron chi connectivity index (χ4n) is 2.34. The number of rotatable bonds is 3. The van der Waals surface area contributed by atoms with E-state index in [4.69, 9.17) is 5.73 Å². The van der Waals surface area contributed by atoms with Crippen LogP contribution in [0.2, 0.25) is 0 Å². The van der Waals surface area contributed by atoms with Gasteiger partial charge in [0.05, 0.1) is 0 Å². The molecule has 0 atom stereocenters. The molecule has 0 fully saturated rings. The molecule has 2 aromatic rings. The molecule has 0 aliphatic rings. The van der Waals surface area contributed by atoms with Gasteiger partial charge in [0.2, 0.25) is 0 Å². The van der Waals surface area contributed by atoms with E-state index in [1.807, 2.05) is 43.3 Å². The molecule has 0 bridgehead atoms. The predicted molar refractivity (Wildman–Crippen MR) is 93.3 cm³/mol. The van der Waals surface area contributed by atoms with Crippen LogP contribution in [0.25, 0.3) is 0 Å². The predicted octanol–water partition coefficient (Wildman–Crippen LogP) is 4.38. The summed E-state index contributed by atoms with van der Waals surface area (Å²) < 4.78 is 0. The van der Waals surface area contributed by atoms with E-state index in [0.29, 0.717) is 11.3 Å². The normalized spacial score (nSPS) is 11.3. The number of carbonyl (C=O) groups is 1. The van der Waals surface area contributed by atoms with Gasteiger partial charge >= 0.3 is 0 Å². The van der Waals surface area contributed by atoms with Crippen molar-refractivity contribution < 1.29 is 4.79 Å². The number of nitrogens with two attached hydrogens (primary N) is 1. The molecule has 0 unspecified atom stereocenters. The number of benzene rings is 2. The van der Waals surface area contributed by atoms with Gasteiger partial charge < -0.3 is 11.1 Å². The van der Waals surface area contributed by atoms with Crippen molar-refractivity contribution in [1.29, 1.82) is 0 Å². The van der Waals surface area contributed by atoms with Crippen LogP contribution in [0.4, 0.5) is 11.4 Å². The summed E-state index contributed by atoms with van der Waals surface area (Å²) in [5, 5.41) is 2.97. The highest BCUT2D eigenvalue weighted by atomic mass is 16.1. The molecule has 22 heavy (non-hydrogen) atoms. The molecule has 3 heteroatoms. The number of nitrogens with one attached hydrogen (secondary N) is 1. The summed E-state index contributed by atoms with van der Waals surface area (Å²) in [5.74, 6) is -0.0973. The van der Waals surface area contributed by atoms with Gasteiger partial charge in [-0.25, -0.2) is 0 Å². The summed E-state index contributed by atoms with van der Waals surface area (Å²) in [6.07, 6.45) is 0.823. The third kappa shape index (κ3) is 3.67. The standard InChI is InChI=1S/C19H24N2O/c1-5-13-12-16(20)10-11-17(13)21-18(22)14-6-8-15(9-7-14)19(2,3)4/h6-12H,5,20H2,1-4H3,(H,21,22). The van der Waals surface area contributed by atoms with E-state index in [9.17, 15) is 4.79 Å². The van der Waals surface area contributed by atoms with Gasteiger partial charge in [0.25, 0.3) is 5.91 Å². The quantitative estimate of drug-likeness (QED) is 0.826. The molecule has 2 rings (SSSR count). The van der Waals surface area contributed by atoms with Crippen molar-refractivity contribution in [2.75, 3.05) is 11.1 Å².